The lowest BCUT2D eigenvalue weighted by molar-refractivity contribution is 0.101. The zero-order valence-electron chi connectivity index (χ0n) is 14.1. The predicted molar refractivity (Wildman–Crippen MR) is 91.1 cm³/mol. The van der Waals surface area contributed by atoms with Crippen molar-refractivity contribution in [2.75, 3.05) is 19.6 Å². The molecule has 6 heteroatoms. The Morgan fingerprint density at radius 3 is 2.52 bits per heavy atom. The number of carbonyl (C=O) groups excluding carboxylic acids is 1. The van der Waals surface area contributed by atoms with Crippen LogP contribution in [-0.4, -0.2) is 44.8 Å². The summed E-state index contributed by atoms with van der Waals surface area (Å²) in [6, 6.07) is 6.74. The van der Waals surface area contributed by atoms with Crippen molar-refractivity contribution in [1.29, 1.82) is 0 Å². The zero-order valence-corrected chi connectivity index (χ0v) is 14.9. The molecule has 0 radical (unpaired) electrons. The minimum atomic E-state index is -3.56. The molecule has 23 heavy (non-hydrogen) atoms. The van der Waals surface area contributed by atoms with Gasteiger partial charge < -0.3 is 4.90 Å². The summed E-state index contributed by atoms with van der Waals surface area (Å²) in [4.78, 5) is 14.0. The molecule has 1 aromatic carbocycles. The van der Waals surface area contributed by atoms with E-state index in [1.807, 2.05) is 0 Å². The topological polar surface area (TPSA) is 66.5 Å². The number of sulfonamides is 1. The van der Waals surface area contributed by atoms with Crippen LogP contribution in [0.5, 0.6) is 0 Å². The van der Waals surface area contributed by atoms with Crippen LogP contribution in [0.3, 0.4) is 0 Å². The summed E-state index contributed by atoms with van der Waals surface area (Å²) in [6.07, 6.45) is 2.02. The molecule has 1 N–H and O–H groups in total. The second-order valence-electron chi connectivity index (χ2n) is 6.51. The van der Waals surface area contributed by atoms with Crippen LogP contribution in [-0.2, 0) is 10.0 Å². The molecule has 1 aromatic rings. The third kappa shape index (κ3) is 4.86. The standard InChI is InChI=1S/C17H26N2O3S/c1-13(2)19-9-7-15(8-10-19)12-18-23(21,22)17-6-4-5-16(11-17)14(3)20/h4-6,11,13,15,18H,7-10,12H2,1-3H3. The van der Waals surface area contributed by atoms with Gasteiger partial charge in [0.15, 0.2) is 5.78 Å². The Kier molecular flexibility index (Phi) is 5.95. The Bertz CT molecular complexity index is 648. The van der Waals surface area contributed by atoms with Gasteiger partial charge in [0.2, 0.25) is 10.0 Å². The lowest BCUT2D eigenvalue weighted by Gasteiger charge is -2.34. The number of likely N-dealkylation sites (tertiary alicyclic amines) is 1. The van der Waals surface area contributed by atoms with Crippen LogP contribution < -0.4 is 4.72 Å². The normalized spacial score (nSPS) is 17.6. The maximum atomic E-state index is 12.4. The number of carbonyl (C=O) groups is 1. The number of Topliss-reactive ketones (excluding diaryl/α,β-unsaturated/α-hetero) is 1. The highest BCUT2D eigenvalue weighted by Crippen LogP contribution is 2.19. The number of nitrogens with zero attached hydrogens (tertiary/aromatic N) is 1. The van der Waals surface area contributed by atoms with E-state index in [1.54, 1.807) is 12.1 Å². The van der Waals surface area contributed by atoms with Crippen molar-refractivity contribution in [1.82, 2.24) is 9.62 Å². The minimum absolute atomic E-state index is 0.136. The quantitative estimate of drug-likeness (QED) is 0.808. The third-order valence-corrected chi connectivity index (χ3v) is 5.91. The first-order valence-corrected chi connectivity index (χ1v) is 9.62. The van der Waals surface area contributed by atoms with E-state index in [1.165, 1.54) is 19.1 Å². The lowest BCUT2D eigenvalue weighted by Crippen LogP contribution is -2.41. The highest BCUT2D eigenvalue weighted by atomic mass is 32.2. The number of benzene rings is 1. The third-order valence-electron chi connectivity index (χ3n) is 4.49. The van der Waals surface area contributed by atoms with Gasteiger partial charge in [-0.15, -0.1) is 0 Å². The van der Waals surface area contributed by atoms with Crippen LogP contribution in [0.2, 0.25) is 0 Å². The first-order chi connectivity index (χ1) is 10.8. The monoisotopic (exact) mass is 338 g/mol. The summed E-state index contributed by atoms with van der Waals surface area (Å²) in [5.41, 5.74) is 0.415. The van der Waals surface area contributed by atoms with Gasteiger partial charge in [-0.25, -0.2) is 13.1 Å². The SMILES string of the molecule is CC(=O)c1cccc(S(=O)(=O)NCC2CCN(C(C)C)CC2)c1. The average molecular weight is 338 g/mol. The van der Waals surface area contributed by atoms with E-state index >= 15 is 0 Å². The van der Waals surface area contributed by atoms with Crippen molar-refractivity contribution in [3.8, 4) is 0 Å². The molecule has 0 amide bonds. The number of ketones is 1. The smallest absolute Gasteiger partial charge is 0.240 e. The number of hydrogen-bond acceptors (Lipinski definition) is 4. The molecule has 0 spiro atoms. The Morgan fingerprint density at radius 1 is 1.30 bits per heavy atom. The molecule has 0 unspecified atom stereocenters. The molecule has 2 rings (SSSR count). The fourth-order valence-corrected chi connectivity index (χ4v) is 4.03. The van der Waals surface area contributed by atoms with Gasteiger partial charge in [-0.2, -0.15) is 0 Å². The van der Waals surface area contributed by atoms with Crippen molar-refractivity contribution in [3.05, 3.63) is 29.8 Å². The van der Waals surface area contributed by atoms with Gasteiger partial charge in [-0.1, -0.05) is 12.1 Å². The van der Waals surface area contributed by atoms with E-state index in [4.69, 9.17) is 0 Å². The minimum Gasteiger partial charge on any atom is -0.301 e. The lowest BCUT2D eigenvalue weighted by atomic mass is 9.96. The molecule has 1 fully saturated rings. The molecule has 1 aliphatic rings. The number of rotatable bonds is 6. The maximum absolute atomic E-state index is 12.4. The van der Waals surface area contributed by atoms with Gasteiger partial charge in [0.1, 0.15) is 0 Å². The van der Waals surface area contributed by atoms with E-state index in [0.717, 1.165) is 25.9 Å². The van der Waals surface area contributed by atoms with E-state index in [0.29, 0.717) is 24.1 Å². The second-order valence-corrected chi connectivity index (χ2v) is 8.28. The number of nitrogens with one attached hydrogen (secondary N) is 1. The van der Waals surface area contributed by atoms with E-state index in [2.05, 4.69) is 23.5 Å². The van der Waals surface area contributed by atoms with Crippen molar-refractivity contribution >= 4 is 15.8 Å². The van der Waals surface area contributed by atoms with Gasteiger partial charge in [0.25, 0.3) is 0 Å². The summed E-state index contributed by atoms with van der Waals surface area (Å²) in [5.74, 6) is 0.235. The van der Waals surface area contributed by atoms with Gasteiger partial charge >= 0.3 is 0 Å². The van der Waals surface area contributed by atoms with Crippen molar-refractivity contribution in [3.63, 3.8) is 0 Å². The van der Waals surface area contributed by atoms with Crippen LogP contribution in [0.25, 0.3) is 0 Å². The zero-order chi connectivity index (χ0) is 17.0. The van der Waals surface area contributed by atoms with Crippen molar-refractivity contribution in [2.24, 2.45) is 5.92 Å². The van der Waals surface area contributed by atoms with Crippen molar-refractivity contribution in [2.45, 2.75) is 44.6 Å². The molecule has 1 saturated heterocycles. The molecule has 0 atom stereocenters. The molecular weight excluding hydrogens is 312 g/mol. The van der Waals surface area contributed by atoms with Crippen LogP contribution in [0.15, 0.2) is 29.2 Å². The highest BCUT2D eigenvalue weighted by molar-refractivity contribution is 7.89. The molecule has 1 aliphatic heterocycles. The van der Waals surface area contributed by atoms with Gasteiger partial charge in [-0.05, 0) is 64.8 Å². The van der Waals surface area contributed by atoms with E-state index in [-0.39, 0.29) is 10.7 Å². The first-order valence-electron chi connectivity index (χ1n) is 8.14. The molecule has 5 nitrogen and oxygen atoms in total. The van der Waals surface area contributed by atoms with Crippen LogP contribution in [0.4, 0.5) is 0 Å². The molecule has 0 aromatic heterocycles. The first kappa shape index (κ1) is 18.1. The fourth-order valence-electron chi connectivity index (χ4n) is 2.87. The highest BCUT2D eigenvalue weighted by Gasteiger charge is 2.23. The molecular formula is C17H26N2O3S. The Morgan fingerprint density at radius 2 is 1.96 bits per heavy atom. The summed E-state index contributed by atoms with van der Waals surface area (Å²) in [6.45, 7) is 8.30. The Hall–Kier alpha value is -1.24. The van der Waals surface area contributed by atoms with Crippen molar-refractivity contribution < 1.29 is 13.2 Å². The van der Waals surface area contributed by atoms with Gasteiger partial charge in [0.05, 0.1) is 4.90 Å². The molecule has 0 saturated carbocycles. The number of hydrogen-bond donors (Lipinski definition) is 1. The van der Waals surface area contributed by atoms with E-state index in [9.17, 15) is 13.2 Å². The summed E-state index contributed by atoms with van der Waals surface area (Å²) in [5, 5.41) is 0. The largest absolute Gasteiger partial charge is 0.301 e. The van der Waals surface area contributed by atoms with Crippen LogP contribution >= 0.6 is 0 Å². The van der Waals surface area contributed by atoms with Gasteiger partial charge in [0, 0.05) is 18.2 Å². The summed E-state index contributed by atoms with van der Waals surface area (Å²) in [7, 11) is -3.56. The number of piperidine rings is 1. The maximum Gasteiger partial charge on any atom is 0.240 e. The molecule has 0 aliphatic carbocycles. The molecule has 0 bridgehead atoms. The summed E-state index contributed by atoms with van der Waals surface area (Å²) < 4.78 is 27.5. The second kappa shape index (κ2) is 7.55. The predicted octanol–water partition coefficient (Wildman–Crippen LogP) is 2.29. The fraction of sp³-hybridized carbons (Fsp3) is 0.588. The van der Waals surface area contributed by atoms with E-state index < -0.39 is 10.0 Å². The molecule has 128 valence electrons. The summed E-state index contributed by atoms with van der Waals surface area (Å²) >= 11 is 0. The Labute approximate surface area is 139 Å². The Balaban J connectivity index is 1.95. The van der Waals surface area contributed by atoms with Gasteiger partial charge in [-0.3, -0.25) is 4.79 Å². The van der Waals surface area contributed by atoms with Crippen LogP contribution in [0.1, 0.15) is 44.0 Å². The molecule has 1 heterocycles. The van der Waals surface area contributed by atoms with Crippen LogP contribution in [0, 0.1) is 5.92 Å². The average Bonchev–Trinajstić information content (AvgIpc) is 2.53.